The van der Waals surface area contributed by atoms with Crippen LogP contribution in [0.5, 0.6) is 0 Å². The van der Waals surface area contributed by atoms with E-state index in [4.69, 9.17) is 5.84 Å². The Kier molecular flexibility index (Phi) is 4.43. The number of piperazine rings is 1. The number of aromatic nitrogens is 2. The molecule has 2 rings (SSSR count). The zero-order valence-electron chi connectivity index (χ0n) is 10.2. The van der Waals surface area contributed by atoms with E-state index in [0.717, 1.165) is 38.7 Å². The summed E-state index contributed by atoms with van der Waals surface area (Å²) in [7, 11) is 0. The molecule has 1 amide bonds. The van der Waals surface area contributed by atoms with Crippen LogP contribution in [0.2, 0.25) is 0 Å². The fourth-order valence-corrected chi connectivity index (χ4v) is 1.96. The van der Waals surface area contributed by atoms with Crippen LogP contribution in [0.25, 0.3) is 0 Å². The molecule has 3 N–H and O–H groups in total. The molecule has 1 aromatic heterocycles. The number of anilines is 1. The van der Waals surface area contributed by atoms with Crippen molar-refractivity contribution in [1.29, 1.82) is 0 Å². The van der Waals surface area contributed by atoms with Crippen LogP contribution in [0.4, 0.5) is 5.95 Å². The second-order valence-electron chi connectivity index (χ2n) is 4.19. The van der Waals surface area contributed by atoms with Crippen LogP contribution in [-0.2, 0) is 4.79 Å². The van der Waals surface area contributed by atoms with Gasteiger partial charge in [-0.25, -0.2) is 15.8 Å². The molecule has 98 valence electrons. The van der Waals surface area contributed by atoms with E-state index in [1.165, 1.54) is 0 Å². The van der Waals surface area contributed by atoms with E-state index < -0.39 is 0 Å². The van der Waals surface area contributed by atoms with Crippen molar-refractivity contribution >= 4 is 11.9 Å². The van der Waals surface area contributed by atoms with Crippen LogP contribution in [-0.4, -0.2) is 53.5 Å². The first-order valence-electron chi connectivity index (χ1n) is 6.03. The third kappa shape index (κ3) is 3.38. The highest BCUT2D eigenvalue weighted by Crippen LogP contribution is 2.09. The normalized spacial score (nSPS) is 16.6. The van der Waals surface area contributed by atoms with Crippen LogP contribution in [0, 0.1) is 0 Å². The minimum absolute atomic E-state index is 0.121. The third-order valence-electron chi connectivity index (χ3n) is 3.02. The molecule has 1 aliphatic heterocycles. The van der Waals surface area contributed by atoms with E-state index in [1.807, 2.05) is 6.07 Å². The molecular formula is C11H18N6O. The summed E-state index contributed by atoms with van der Waals surface area (Å²) in [5.74, 6) is 5.70. The molecular weight excluding hydrogens is 232 g/mol. The molecule has 0 saturated carbocycles. The molecule has 0 unspecified atom stereocenters. The van der Waals surface area contributed by atoms with Gasteiger partial charge in [0.05, 0.1) is 0 Å². The van der Waals surface area contributed by atoms with Crippen molar-refractivity contribution in [1.82, 2.24) is 20.3 Å². The Balaban J connectivity index is 1.76. The molecule has 0 bridgehead atoms. The molecule has 18 heavy (non-hydrogen) atoms. The lowest BCUT2D eigenvalue weighted by molar-refractivity contribution is -0.121. The number of hydrogen-bond donors (Lipinski definition) is 2. The van der Waals surface area contributed by atoms with Gasteiger partial charge in [-0.1, -0.05) is 0 Å². The Morgan fingerprint density at radius 1 is 1.28 bits per heavy atom. The van der Waals surface area contributed by atoms with Gasteiger partial charge >= 0.3 is 0 Å². The van der Waals surface area contributed by atoms with E-state index in [1.54, 1.807) is 12.4 Å². The topological polar surface area (TPSA) is 87.4 Å². The van der Waals surface area contributed by atoms with Crippen molar-refractivity contribution in [3.8, 4) is 0 Å². The Labute approximate surface area is 106 Å². The quantitative estimate of drug-likeness (QED) is 0.404. The van der Waals surface area contributed by atoms with Crippen LogP contribution < -0.4 is 16.2 Å². The average Bonchev–Trinajstić information content (AvgIpc) is 2.46. The number of nitrogens with one attached hydrogen (secondary N) is 1. The van der Waals surface area contributed by atoms with Crippen LogP contribution in [0.15, 0.2) is 18.5 Å². The number of nitrogens with zero attached hydrogens (tertiary/aromatic N) is 4. The zero-order valence-corrected chi connectivity index (χ0v) is 10.2. The minimum atomic E-state index is -0.121. The Morgan fingerprint density at radius 3 is 2.56 bits per heavy atom. The average molecular weight is 250 g/mol. The SMILES string of the molecule is NNC(=O)CCN1CCN(c2ncccn2)CC1. The Morgan fingerprint density at radius 2 is 1.94 bits per heavy atom. The monoisotopic (exact) mass is 250 g/mol. The molecule has 1 aromatic rings. The fourth-order valence-electron chi connectivity index (χ4n) is 1.96. The first-order chi connectivity index (χ1) is 8.79. The second kappa shape index (κ2) is 6.27. The summed E-state index contributed by atoms with van der Waals surface area (Å²) in [6.45, 7) is 4.33. The van der Waals surface area contributed by atoms with Crippen LogP contribution >= 0.6 is 0 Å². The molecule has 0 aliphatic carbocycles. The standard InChI is InChI=1S/C11H18N6O/c12-15-10(18)2-5-16-6-8-17(9-7-16)11-13-3-1-4-14-11/h1,3-4H,2,5-9,12H2,(H,15,18). The molecule has 0 atom stereocenters. The van der Waals surface area contributed by atoms with E-state index in [-0.39, 0.29) is 5.91 Å². The lowest BCUT2D eigenvalue weighted by Gasteiger charge is -2.34. The Hall–Kier alpha value is -1.73. The summed E-state index contributed by atoms with van der Waals surface area (Å²) in [4.78, 5) is 23.9. The summed E-state index contributed by atoms with van der Waals surface area (Å²) in [6, 6.07) is 1.81. The van der Waals surface area contributed by atoms with Crippen LogP contribution in [0.3, 0.4) is 0 Å². The number of carbonyl (C=O) groups is 1. The third-order valence-corrected chi connectivity index (χ3v) is 3.02. The number of nitrogens with two attached hydrogens (primary N) is 1. The predicted molar refractivity (Wildman–Crippen MR) is 67.6 cm³/mol. The van der Waals surface area contributed by atoms with Crippen LogP contribution in [0.1, 0.15) is 6.42 Å². The molecule has 0 spiro atoms. The Bertz CT molecular complexity index is 376. The summed E-state index contributed by atoms with van der Waals surface area (Å²) >= 11 is 0. The highest BCUT2D eigenvalue weighted by Gasteiger charge is 2.18. The van der Waals surface area contributed by atoms with Gasteiger partial charge < -0.3 is 4.90 Å². The van der Waals surface area contributed by atoms with Gasteiger partial charge in [-0.15, -0.1) is 0 Å². The summed E-state index contributed by atoms with van der Waals surface area (Å²) in [5, 5.41) is 0. The molecule has 7 heteroatoms. The van der Waals surface area contributed by atoms with Crippen molar-refractivity contribution in [2.24, 2.45) is 5.84 Å². The molecule has 7 nitrogen and oxygen atoms in total. The van der Waals surface area contributed by atoms with Crippen molar-refractivity contribution < 1.29 is 4.79 Å². The largest absolute Gasteiger partial charge is 0.338 e. The van der Waals surface area contributed by atoms with Gasteiger partial charge in [-0.05, 0) is 6.07 Å². The maximum atomic E-state index is 11.0. The van der Waals surface area contributed by atoms with Crippen molar-refractivity contribution in [2.45, 2.75) is 6.42 Å². The smallest absolute Gasteiger partial charge is 0.235 e. The number of hydrogen-bond acceptors (Lipinski definition) is 6. The van der Waals surface area contributed by atoms with E-state index in [9.17, 15) is 4.79 Å². The maximum Gasteiger partial charge on any atom is 0.235 e. The summed E-state index contributed by atoms with van der Waals surface area (Å²) in [6.07, 6.45) is 3.94. The second-order valence-corrected chi connectivity index (χ2v) is 4.19. The molecule has 1 fully saturated rings. The summed E-state index contributed by atoms with van der Waals surface area (Å²) in [5.41, 5.74) is 2.14. The van der Waals surface area contributed by atoms with Gasteiger partial charge in [0.25, 0.3) is 0 Å². The molecule has 2 heterocycles. The van der Waals surface area contributed by atoms with Crippen molar-refractivity contribution in [2.75, 3.05) is 37.6 Å². The van der Waals surface area contributed by atoms with E-state index >= 15 is 0 Å². The van der Waals surface area contributed by atoms with Crippen molar-refractivity contribution in [3.63, 3.8) is 0 Å². The predicted octanol–water partition coefficient (Wildman–Crippen LogP) is -1.02. The minimum Gasteiger partial charge on any atom is -0.338 e. The molecule has 1 saturated heterocycles. The number of carbonyl (C=O) groups excluding carboxylic acids is 1. The number of amides is 1. The molecule has 0 radical (unpaired) electrons. The van der Waals surface area contributed by atoms with Gasteiger partial charge in [-0.3, -0.25) is 15.1 Å². The molecule has 0 aromatic carbocycles. The van der Waals surface area contributed by atoms with Gasteiger partial charge in [-0.2, -0.15) is 0 Å². The highest BCUT2D eigenvalue weighted by molar-refractivity contribution is 5.75. The molecule has 1 aliphatic rings. The highest BCUT2D eigenvalue weighted by atomic mass is 16.2. The summed E-state index contributed by atoms with van der Waals surface area (Å²) < 4.78 is 0. The van der Waals surface area contributed by atoms with Gasteiger partial charge in [0, 0.05) is 51.5 Å². The van der Waals surface area contributed by atoms with Gasteiger partial charge in [0.2, 0.25) is 11.9 Å². The van der Waals surface area contributed by atoms with E-state index in [0.29, 0.717) is 6.42 Å². The lowest BCUT2D eigenvalue weighted by atomic mass is 10.3. The first kappa shape index (κ1) is 12.7. The first-order valence-corrected chi connectivity index (χ1v) is 6.03. The van der Waals surface area contributed by atoms with Gasteiger partial charge in [0.15, 0.2) is 0 Å². The van der Waals surface area contributed by atoms with E-state index in [2.05, 4.69) is 25.2 Å². The number of hydrazine groups is 1. The number of rotatable bonds is 4. The lowest BCUT2D eigenvalue weighted by Crippen LogP contribution is -2.48. The maximum absolute atomic E-state index is 11.0. The van der Waals surface area contributed by atoms with Crippen molar-refractivity contribution in [3.05, 3.63) is 18.5 Å². The fraction of sp³-hybridized carbons (Fsp3) is 0.545. The van der Waals surface area contributed by atoms with Gasteiger partial charge in [0.1, 0.15) is 0 Å². The zero-order chi connectivity index (χ0) is 12.8.